The molecule has 110 valence electrons. The summed E-state index contributed by atoms with van der Waals surface area (Å²) in [5, 5.41) is 0.431. The smallest absolute Gasteiger partial charge is 0.347 e. The number of halogens is 1. The van der Waals surface area contributed by atoms with Gasteiger partial charge in [-0.2, -0.15) is 0 Å². The normalized spacial score (nSPS) is 10.0. The first-order chi connectivity index (χ1) is 10.2. The summed E-state index contributed by atoms with van der Waals surface area (Å²) < 4.78 is 15.9. The molecule has 0 bridgehead atoms. The van der Waals surface area contributed by atoms with E-state index < -0.39 is 5.97 Å². The van der Waals surface area contributed by atoms with Crippen LogP contribution in [0.5, 0.6) is 17.2 Å². The minimum Gasteiger partial charge on any atom is -0.496 e. The van der Waals surface area contributed by atoms with Gasteiger partial charge in [-0.25, -0.2) is 4.79 Å². The van der Waals surface area contributed by atoms with Gasteiger partial charge in [0, 0.05) is 5.02 Å². The molecule has 0 N–H and O–H groups in total. The Kier molecular flexibility index (Phi) is 5.06. The largest absolute Gasteiger partial charge is 0.496 e. The lowest BCUT2D eigenvalue weighted by atomic mass is 10.2. The molecule has 0 spiro atoms. The van der Waals surface area contributed by atoms with Crippen LogP contribution in [0.4, 0.5) is 0 Å². The van der Waals surface area contributed by atoms with Crippen molar-refractivity contribution in [1.82, 2.24) is 0 Å². The first kappa shape index (κ1) is 15.2. The fourth-order valence-electron chi connectivity index (χ4n) is 1.80. The minimum absolute atomic E-state index is 0.260. The molecule has 0 aliphatic rings. The fraction of sp³-hybridized carbons (Fsp3) is 0.188. The number of carbonyl (C=O) groups is 1. The van der Waals surface area contributed by atoms with E-state index in [1.165, 1.54) is 13.2 Å². The number of para-hydroxylation sites is 2. The van der Waals surface area contributed by atoms with Crippen molar-refractivity contribution < 1.29 is 19.0 Å². The maximum absolute atomic E-state index is 12.3. The summed E-state index contributed by atoms with van der Waals surface area (Å²) in [6.45, 7) is 2.34. The Morgan fingerprint density at radius 1 is 1.10 bits per heavy atom. The highest BCUT2D eigenvalue weighted by molar-refractivity contribution is 6.31. The zero-order valence-electron chi connectivity index (χ0n) is 11.8. The van der Waals surface area contributed by atoms with Gasteiger partial charge in [-0.05, 0) is 37.3 Å². The molecule has 0 saturated carbocycles. The molecule has 0 aromatic heterocycles. The van der Waals surface area contributed by atoms with E-state index in [0.717, 1.165) is 0 Å². The summed E-state index contributed by atoms with van der Waals surface area (Å²) in [6.07, 6.45) is 0. The van der Waals surface area contributed by atoms with Crippen LogP contribution in [0.3, 0.4) is 0 Å². The number of carbonyl (C=O) groups excluding carboxylic acids is 1. The first-order valence-corrected chi connectivity index (χ1v) is 6.81. The SMILES string of the molecule is CCOc1ccccc1OC(=O)c1cc(Cl)ccc1OC. The van der Waals surface area contributed by atoms with E-state index in [2.05, 4.69) is 0 Å². The van der Waals surface area contributed by atoms with Crippen LogP contribution in [0.2, 0.25) is 5.02 Å². The molecule has 0 radical (unpaired) electrons. The van der Waals surface area contributed by atoms with E-state index in [-0.39, 0.29) is 5.56 Å². The monoisotopic (exact) mass is 306 g/mol. The summed E-state index contributed by atoms with van der Waals surface area (Å²) in [7, 11) is 1.48. The van der Waals surface area contributed by atoms with Crippen molar-refractivity contribution in [2.24, 2.45) is 0 Å². The lowest BCUT2D eigenvalue weighted by Gasteiger charge is -2.12. The summed E-state index contributed by atoms with van der Waals surface area (Å²) in [5.41, 5.74) is 0.260. The van der Waals surface area contributed by atoms with Gasteiger partial charge >= 0.3 is 5.97 Å². The van der Waals surface area contributed by atoms with Gasteiger partial charge in [0.2, 0.25) is 0 Å². The van der Waals surface area contributed by atoms with E-state index >= 15 is 0 Å². The maximum Gasteiger partial charge on any atom is 0.347 e. The topological polar surface area (TPSA) is 44.8 Å². The van der Waals surface area contributed by atoms with Gasteiger partial charge in [-0.15, -0.1) is 0 Å². The second-order valence-corrected chi connectivity index (χ2v) is 4.55. The lowest BCUT2D eigenvalue weighted by molar-refractivity contribution is 0.0725. The number of hydrogen-bond donors (Lipinski definition) is 0. The van der Waals surface area contributed by atoms with Crippen LogP contribution in [0.15, 0.2) is 42.5 Å². The second-order valence-electron chi connectivity index (χ2n) is 4.11. The molecule has 4 nitrogen and oxygen atoms in total. The molecule has 2 aromatic rings. The van der Waals surface area contributed by atoms with Gasteiger partial charge < -0.3 is 14.2 Å². The third-order valence-corrected chi connectivity index (χ3v) is 2.97. The van der Waals surface area contributed by atoms with E-state index in [1.807, 2.05) is 13.0 Å². The number of benzene rings is 2. The van der Waals surface area contributed by atoms with Gasteiger partial charge in [0.15, 0.2) is 11.5 Å². The number of esters is 1. The molecule has 0 aliphatic carbocycles. The zero-order valence-corrected chi connectivity index (χ0v) is 12.5. The minimum atomic E-state index is -0.554. The highest BCUT2D eigenvalue weighted by Crippen LogP contribution is 2.29. The van der Waals surface area contributed by atoms with Crippen molar-refractivity contribution in [3.8, 4) is 17.2 Å². The average molecular weight is 307 g/mol. The van der Waals surface area contributed by atoms with E-state index in [4.69, 9.17) is 25.8 Å². The molecule has 0 unspecified atom stereocenters. The number of ether oxygens (including phenoxy) is 3. The van der Waals surface area contributed by atoms with E-state index in [1.54, 1.807) is 30.3 Å². The van der Waals surface area contributed by atoms with Gasteiger partial charge in [0.1, 0.15) is 11.3 Å². The predicted octanol–water partition coefficient (Wildman–Crippen LogP) is 3.97. The molecular formula is C16H15ClO4. The van der Waals surface area contributed by atoms with Crippen LogP contribution in [-0.2, 0) is 0 Å². The molecule has 0 saturated heterocycles. The van der Waals surface area contributed by atoms with Gasteiger partial charge in [0.05, 0.1) is 13.7 Å². The molecule has 0 amide bonds. The number of methoxy groups -OCH3 is 1. The fourth-order valence-corrected chi connectivity index (χ4v) is 1.98. The Morgan fingerprint density at radius 2 is 1.81 bits per heavy atom. The highest BCUT2D eigenvalue weighted by Gasteiger charge is 2.17. The van der Waals surface area contributed by atoms with Crippen molar-refractivity contribution >= 4 is 17.6 Å². The van der Waals surface area contributed by atoms with E-state index in [9.17, 15) is 4.79 Å². The number of hydrogen-bond acceptors (Lipinski definition) is 4. The standard InChI is InChI=1S/C16H15ClO4/c1-3-20-14-6-4-5-7-15(14)21-16(18)12-10-11(17)8-9-13(12)19-2/h4-10H,3H2,1-2H3. The van der Waals surface area contributed by atoms with Crippen molar-refractivity contribution in [3.05, 3.63) is 53.1 Å². The van der Waals surface area contributed by atoms with Gasteiger partial charge in [0.25, 0.3) is 0 Å². The molecule has 0 fully saturated rings. The summed E-state index contributed by atoms with van der Waals surface area (Å²) in [4.78, 5) is 12.3. The molecule has 2 aromatic carbocycles. The predicted molar refractivity (Wildman–Crippen MR) is 80.6 cm³/mol. The van der Waals surface area contributed by atoms with Crippen molar-refractivity contribution in [2.75, 3.05) is 13.7 Å². The zero-order chi connectivity index (χ0) is 15.2. The molecule has 5 heteroatoms. The van der Waals surface area contributed by atoms with Crippen LogP contribution in [0, 0.1) is 0 Å². The molecule has 0 aliphatic heterocycles. The molecule has 0 heterocycles. The maximum atomic E-state index is 12.3. The van der Waals surface area contributed by atoms with Crippen molar-refractivity contribution in [2.45, 2.75) is 6.92 Å². The highest BCUT2D eigenvalue weighted by atomic mass is 35.5. The summed E-state index contributed by atoms with van der Waals surface area (Å²) in [6, 6.07) is 11.7. The van der Waals surface area contributed by atoms with Crippen LogP contribution in [0.25, 0.3) is 0 Å². The average Bonchev–Trinajstić information content (AvgIpc) is 2.49. The lowest BCUT2D eigenvalue weighted by Crippen LogP contribution is -2.11. The van der Waals surface area contributed by atoms with Crippen LogP contribution >= 0.6 is 11.6 Å². The van der Waals surface area contributed by atoms with Crippen LogP contribution in [0.1, 0.15) is 17.3 Å². The summed E-state index contributed by atoms with van der Waals surface area (Å²) in [5.74, 6) is 0.709. The van der Waals surface area contributed by atoms with Crippen molar-refractivity contribution in [1.29, 1.82) is 0 Å². The Balaban J connectivity index is 2.28. The second kappa shape index (κ2) is 6.99. The van der Waals surface area contributed by atoms with Crippen molar-refractivity contribution in [3.63, 3.8) is 0 Å². The summed E-state index contributed by atoms with van der Waals surface area (Å²) >= 11 is 5.91. The first-order valence-electron chi connectivity index (χ1n) is 6.43. The van der Waals surface area contributed by atoms with Crippen LogP contribution < -0.4 is 14.2 Å². The third-order valence-electron chi connectivity index (χ3n) is 2.73. The molecular weight excluding hydrogens is 292 g/mol. The quantitative estimate of drug-likeness (QED) is 0.619. The van der Waals surface area contributed by atoms with E-state index in [0.29, 0.717) is 28.9 Å². The van der Waals surface area contributed by atoms with Crippen LogP contribution in [-0.4, -0.2) is 19.7 Å². The Bertz CT molecular complexity index is 640. The van der Waals surface area contributed by atoms with Gasteiger partial charge in [-0.1, -0.05) is 23.7 Å². The molecule has 2 rings (SSSR count). The Morgan fingerprint density at radius 3 is 2.48 bits per heavy atom. The Labute approximate surface area is 128 Å². The van der Waals surface area contributed by atoms with Gasteiger partial charge in [-0.3, -0.25) is 0 Å². The molecule has 0 atom stereocenters. The number of rotatable bonds is 5. The Hall–Kier alpha value is -2.20. The third kappa shape index (κ3) is 3.67. The molecule has 21 heavy (non-hydrogen) atoms.